The van der Waals surface area contributed by atoms with E-state index in [1.54, 1.807) is 0 Å². The Morgan fingerprint density at radius 2 is 1.88 bits per heavy atom. The van der Waals surface area contributed by atoms with Crippen LogP contribution < -0.4 is 10.3 Å². The van der Waals surface area contributed by atoms with Crippen molar-refractivity contribution in [1.29, 1.82) is 0 Å². The van der Waals surface area contributed by atoms with Gasteiger partial charge in [0.05, 0.1) is 0 Å². The number of carboxylic acids is 1. The monoisotopic (exact) mass is 262 g/mol. The van der Waals surface area contributed by atoms with Gasteiger partial charge in [0.2, 0.25) is 0 Å². The first kappa shape index (κ1) is 13.7. The molecule has 0 saturated heterocycles. The standard InChI is InChI=1S/C9H12NO6P/c10-8(9(11)12)5-6-1-3-7(4-2-6)16-17(13,14)15/h1-4,8H,5,10H2,(H,11,12)(H2,13,14,15)/t8-/m0/s1/i17+1. The summed E-state index contributed by atoms with van der Waals surface area (Å²) in [6, 6.07) is 4.65. The van der Waals surface area contributed by atoms with Gasteiger partial charge in [0, 0.05) is 0 Å². The Morgan fingerprint density at radius 3 is 2.29 bits per heavy atom. The topological polar surface area (TPSA) is 130 Å². The van der Waals surface area contributed by atoms with E-state index >= 15 is 0 Å². The number of phosphoric acid groups is 1. The fourth-order valence-corrected chi connectivity index (χ4v) is 1.56. The molecule has 0 radical (unpaired) electrons. The van der Waals surface area contributed by atoms with Crippen molar-refractivity contribution >= 4 is 13.8 Å². The van der Waals surface area contributed by atoms with Gasteiger partial charge in [-0.2, -0.15) is 0 Å². The number of benzene rings is 1. The van der Waals surface area contributed by atoms with Crippen LogP contribution >= 0.6 is 7.82 Å². The van der Waals surface area contributed by atoms with Crippen LogP contribution in [0.3, 0.4) is 0 Å². The number of carbonyl (C=O) groups is 1. The van der Waals surface area contributed by atoms with Crippen molar-refractivity contribution in [1.82, 2.24) is 0 Å². The minimum Gasteiger partial charge on any atom is -0.480 e. The lowest BCUT2D eigenvalue weighted by atomic mass is 10.1. The van der Waals surface area contributed by atoms with E-state index in [9.17, 15) is 9.36 Å². The van der Waals surface area contributed by atoms with Crippen molar-refractivity contribution < 1.29 is 28.8 Å². The van der Waals surface area contributed by atoms with Crippen LogP contribution in [0.1, 0.15) is 5.56 Å². The summed E-state index contributed by atoms with van der Waals surface area (Å²) in [6.45, 7) is 0. The Kier molecular flexibility index (Phi) is 4.25. The maximum atomic E-state index is 10.5. The predicted octanol–water partition coefficient (Wildman–Crippen LogP) is 0.113. The summed E-state index contributed by atoms with van der Waals surface area (Å²) in [7, 11) is -4.56. The summed E-state index contributed by atoms with van der Waals surface area (Å²) in [5, 5.41) is 8.60. The molecule has 0 aliphatic heterocycles. The molecule has 94 valence electrons. The molecule has 1 atom stereocenters. The summed E-state index contributed by atoms with van der Waals surface area (Å²) >= 11 is 0. The lowest BCUT2D eigenvalue weighted by molar-refractivity contribution is -0.138. The minimum absolute atomic E-state index is 0.00554. The number of nitrogens with two attached hydrogens (primary N) is 1. The molecule has 17 heavy (non-hydrogen) atoms. The molecule has 7 nitrogen and oxygen atoms in total. The first-order valence-corrected chi connectivity index (χ1v) is 6.13. The van der Waals surface area contributed by atoms with E-state index < -0.39 is 19.8 Å². The van der Waals surface area contributed by atoms with Crippen LogP contribution in [0.4, 0.5) is 0 Å². The Hall–Kier alpha value is -1.40. The van der Waals surface area contributed by atoms with Crippen LogP contribution in [0.5, 0.6) is 5.75 Å². The van der Waals surface area contributed by atoms with E-state index in [1.165, 1.54) is 24.3 Å². The highest BCUT2D eigenvalue weighted by molar-refractivity contribution is 7.46. The third kappa shape index (κ3) is 4.97. The Balaban J connectivity index is 2.68. The van der Waals surface area contributed by atoms with Crippen LogP contribution in [0.2, 0.25) is 0 Å². The van der Waals surface area contributed by atoms with Gasteiger partial charge in [-0.15, -0.1) is 0 Å². The molecule has 5 N–H and O–H groups in total. The molecular formula is C9H12NO6P. The average Bonchev–Trinajstić information content (AvgIpc) is 2.18. The van der Waals surface area contributed by atoms with Crippen molar-refractivity contribution in [3.8, 4) is 5.75 Å². The summed E-state index contributed by atoms with van der Waals surface area (Å²) in [5.41, 5.74) is 5.97. The van der Waals surface area contributed by atoms with E-state index in [0.717, 1.165) is 0 Å². The lowest BCUT2D eigenvalue weighted by Gasteiger charge is -2.09. The maximum Gasteiger partial charge on any atom is 0.524 e. The maximum absolute atomic E-state index is 10.5. The van der Waals surface area contributed by atoms with Crippen LogP contribution in [-0.4, -0.2) is 26.9 Å². The van der Waals surface area contributed by atoms with Crippen molar-refractivity contribution in [2.24, 2.45) is 5.73 Å². The lowest BCUT2D eigenvalue weighted by Crippen LogP contribution is -2.32. The average molecular weight is 262 g/mol. The van der Waals surface area contributed by atoms with Gasteiger partial charge in [-0.05, 0) is 24.1 Å². The molecule has 0 unspecified atom stereocenters. The van der Waals surface area contributed by atoms with Gasteiger partial charge in [0.1, 0.15) is 11.8 Å². The Bertz CT molecular complexity index is 439. The third-order valence-electron chi connectivity index (χ3n) is 1.92. The predicted molar refractivity (Wildman–Crippen MR) is 58.4 cm³/mol. The zero-order valence-electron chi connectivity index (χ0n) is 8.68. The second-order valence-corrected chi connectivity index (χ2v) is 4.54. The van der Waals surface area contributed by atoms with Gasteiger partial charge in [0.25, 0.3) is 0 Å². The summed E-state index contributed by atoms with van der Waals surface area (Å²) in [5.74, 6) is -1.11. The fraction of sp³-hybridized carbons (Fsp3) is 0.222. The molecule has 1 aromatic rings. The highest BCUT2D eigenvalue weighted by Crippen LogP contribution is 2.37. The summed E-state index contributed by atoms with van der Waals surface area (Å²) < 4.78 is 14.9. The molecule has 0 fully saturated rings. The summed E-state index contributed by atoms with van der Waals surface area (Å²) in [4.78, 5) is 27.6. The number of rotatable bonds is 5. The zero-order chi connectivity index (χ0) is 13.1. The van der Waals surface area contributed by atoms with Crippen molar-refractivity contribution in [3.63, 3.8) is 0 Å². The van der Waals surface area contributed by atoms with E-state index in [4.69, 9.17) is 20.6 Å². The molecule has 0 amide bonds. The highest BCUT2D eigenvalue weighted by Gasteiger charge is 2.16. The Morgan fingerprint density at radius 1 is 1.35 bits per heavy atom. The number of hydrogen-bond donors (Lipinski definition) is 4. The SMILES string of the molecule is N[C@@H](Cc1ccc(O[32P](=O)(O)O)cc1)C(=O)O. The van der Waals surface area contributed by atoms with Crippen molar-refractivity contribution in [2.45, 2.75) is 12.5 Å². The molecule has 0 saturated carbocycles. The molecule has 1 rings (SSSR count). The van der Waals surface area contributed by atoms with Crippen molar-refractivity contribution in [2.75, 3.05) is 0 Å². The molecule has 1 aromatic carbocycles. The van der Waals surface area contributed by atoms with Crippen LogP contribution in [0.25, 0.3) is 0 Å². The molecule has 0 aliphatic carbocycles. The van der Waals surface area contributed by atoms with Gasteiger partial charge in [-0.3, -0.25) is 14.6 Å². The van der Waals surface area contributed by atoms with Crippen molar-refractivity contribution in [3.05, 3.63) is 29.8 Å². The van der Waals surface area contributed by atoms with Gasteiger partial charge in [-0.1, -0.05) is 12.1 Å². The van der Waals surface area contributed by atoms with E-state index in [-0.39, 0.29) is 12.2 Å². The molecule has 0 aliphatic rings. The molecule has 0 aromatic heterocycles. The Labute approximate surface area is 97.1 Å². The molecule has 0 heterocycles. The van der Waals surface area contributed by atoms with E-state index in [1.807, 2.05) is 0 Å². The van der Waals surface area contributed by atoms with Crippen LogP contribution in [-0.2, 0) is 15.8 Å². The molecule has 0 bridgehead atoms. The number of hydrogen-bond acceptors (Lipinski definition) is 4. The third-order valence-corrected chi connectivity index (χ3v) is 2.37. The number of phosphoric ester groups is 1. The van der Waals surface area contributed by atoms with Crippen LogP contribution in [0, 0.1) is 0 Å². The largest absolute Gasteiger partial charge is 0.524 e. The molecule has 0 spiro atoms. The first-order valence-electron chi connectivity index (χ1n) is 4.60. The van der Waals surface area contributed by atoms with Gasteiger partial charge < -0.3 is 15.4 Å². The zero-order valence-corrected chi connectivity index (χ0v) is 9.58. The minimum atomic E-state index is -4.56. The highest BCUT2D eigenvalue weighted by atomic mass is 32.2. The first-order chi connectivity index (χ1) is 7.78. The second-order valence-electron chi connectivity index (χ2n) is 3.37. The summed E-state index contributed by atoms with van der Waals surface area (Å²) in [6.07, 6.45) is 0.130. The molecular weight excluding hydrogens is 250 g/mol. The quantitative estimate of drug-likeness (QED) is 0.554. The fourth-order valence-electron chi connectivity index (χ4n) is 1.16. The number of aliphatic carboxylic acids is 1. The second kappa shape index (κ2) is 5.29. The van der Waals surface area contributed by atoms with Crippen LogP contribution in [0.15, 0.2) is 24.3 Å². The molecule has 8 heteroatoms. The van der Waals surface area contributed by atoms with E-state index in [0.29, 0.717) is 5.56 Å². The normalized spacial score (nSPS) is 13.1. The van der Waals surface area contributed by atoms with Gasteiger partial charge >= 0.3 is 13.8 Å². The number of carboxylic acid groups (broad SMARTS) is 1. The van der Waals surface area contributed by atoms with E-state index in [2.05, 4.69) is 4.52 Å². The van der Waals surface area contributed by atoms with Gasteiger partial charge in [-0.25, -0.2) is 4.57 Å². The smallest absolute Gasteiger partial charge is 0.480 e. The van der Waals surface area contributed by atoms with Gasteiger partial charge in [0.15, 0.2) is 0 Å².